The van der Waals surface area contributed by atoms with Crippen LogP contribution in [0.25, 0.3) is 0 Å². The fourth-order valence-corrected chi connectivity index (χ4v) is 2.45. The zero-order valence-corrected chi connectivity index (χ0v) is 12.0. The summed E-state index contributed by atoms with van der Waals surface area (Å²) in [5.41, 5.74) is 0.295. The first-order chi connectivity index (χ1) is 10.4. The number of hydrogen-bond donors (Lipinski definition) is 0. The second-order valence-electron chi connectivity index (χ2n) is 5.63. The number of rotatable bonds is 3. The Kier molecular flexibility index (Phi) is 3.54. The third-order valence-corrected chi connectivity index (χ3v) is 3.95. The second kappa shape index (κ2) is 5.26. The molecule has 0 radical (unpaired) electrons. The lowest BCUT2D eigenvalue weighted by atomic mass is 9.96. The standard InChI is InChI=1S/C16H15F3N2O/c1-10(11-3-2-4-12(7-11)16(17,18)19)14-9-21(13-5-6-13)15(22)8-20-14/h2-4,7-10,13H,5-6H2,1H3. The van der Waals surface area contributed by atoms with Crippen LogP contribution < -0.4 is 5.56 Å². The van der Waals surface area contributed by atoms with E-state index in [-0.39, 0.29) is 17.5 Å². The number of aromatic nitrogens is 2. The largest absolute Gasteiger partial charge is 0.416 e. The molecule has 22 heavy (non-hydrogen) atoms. The van der Waals surface area contributed by atoms with Crippen LogP contribution >= 0.6 is 0 Å². The molecule has 1 fully saturated rings. The molecule has 0 N–H and O–H groups in total. The third-order valence-electron chi connectivity index (χ3n) is 3.95. The Morgan fingerprint density at radius 1 is 1.32 bits per heavy atom. The van der Waals surface area contributed by atoms with Gasteiger partial charge in [-0.3, -0.25) is 9.78 Å². The average molecular weight is 308 g/mol. The van der Waals surface area contributed by atoms with E-state index in [1.807, 2.05) is 0 Å². The Morgan fingerprint density at radius 2 is 2.05 bits per heavy atom. The number of benzene rings is 1. The normalized spacial score (nSPS) is 16.5. The first-order valence-electron chi connectivity index (χ1n) is 7.11. The van der Waals surface area contributed by atoms with Crippen LogP contribution in [0.3, 0.4) is 0 Å². The van der Waals surface area contributed by atoms with Crippen molar-refractivity contribution < 1.29 is 13.2 Å². The Labute approximate surface area is 125 Å². The van der Waals surface area contributed by atoms with Crippen LogP contribution in [0.2, 0.25) is 0 Å². The zero-order chi connectivity index (χ0) is 15.9. The average Bonchev–Trinajstić information content (AvgIpc) is 3.31. The molecule has 1 aromatic carbocycles. The molecule has 1 aliphatic carbocycles. The minimum absolute atomic E-state index is 0.164. The number of nitrogens with zero attached hydrogens (tertiary/aromatic N) is 2. The van der Waals surface area contributed by atoms with Crippen LogP contribution in [-0.2, 0) is 6.18 Å². The maximum Gasteiger partial charge on any atom is 0.416 e. The summed E-state index contributed by atoms with van der Waals surface area (Å²) >= 11 is 0. The molecule has 0 amide bonds. The molecule has 1 aliphatic rings. The van der Waals surface area contributed by atoms with Gasteiger partial charge >= 0.3 is 6.18 Å². The molecular formula is C16H15F3N2O. The SMILES string of the molecule is CC(c1cccc(C(F)(F)F)c1)c1cn(C2CC2)c(=O)cn1. The zero-order valence-electron chi connectivity index (χ0n) is 12.0. The molecule has 0 saturated heterocycles. The molecule has 6 heteroatoms. The van der Waals surface area contributed by atoms with Crippen LogP contribution in [-0.4, -0.2) is 9.55 Å². The molecule has 116 valence electrons. The number of halogens is 3. The van der Waals surface area contributed by atoms with Gasteiger partial charge in [0.15, 0.2) is 0 Å². The van der Waals surface area contributed by atoms with Crippen LogP contribution in [0.1, 0.15) is 48.5 Å². The van der Waals surface area contributed by atoms with Gasteiger partial charge in [0.05, 0.1) is 17.5 Å². The minimum Gasteiger partial charge on any atom is -0.309 e. The maximum atomic E-state index is 12.8. The molecule has 1 saturated carbocycles. The lowest BCUT2D eigenvalue weighted by Crippen LogP contribution is -2.20. The van der Waals surface area contributed by atoms with Crippen molar-refractivity contribution in [2.24, 2.45) is 0 Å². The maximum absolute atomic E-state index is 12.8. The minimum atomic E-state index is -4.37. The molecule has 3 rings (SSSR count). The first kappa shape index (κ1) is 14.8. The van der Waals surface area contributed by atoms with E-state index in [4.69, 9.17) is 0 Å². The fourth-order valence-electron chi connectivity index (χ4n) is 2.45. The molecule has 2 aromatic rings. The monoisotopic (exact) mass is 308 g/mol. The van der Waals surface area contributed by atoms with Crippen molar-refractivity contribution in [3.05, 3.63) is 63.8 Å². The lowest BCUT2D eigenvalue weighted by molar-refractivity contribution is -0.137. The lowest BCUT2D eigenvalue weighted by Gasteiger charge is -2.15. The Hall–Kier alpha value is -2.11. The summed E-state index contributed by atoms with van der Waals surface area (Å²) in [6.45, 7) is 1.79. The van der Waals surface area contributed by atoms with E-state index < -0.39 is 11.7 Å². The molecule has 1 heterocycles. The van der Waals surface area contributed by atoms with E-state index in [0.717, 1.165) is 25.0 Å². The number of alkyl halides is 3. The van der Waals surface area contributed by atoms with Crippen LogP contribution in [0.5, 0.6) is 0 Å². The molecule has 1 atom stereocenters. The van der Waals surface area contributed by atoms with E-state index >= 15 is 0 Å². The second-order valence-corrected chi connectivity index (χ2v) is 5.63. The summed E-state index contributed by atoms with van der Waals surface area (Å²) in [4.78, 5) is 15.9. The van der Waals surface area contributed by atoms with Gasteiger partial charge in [0.2, 0.25) is 0 Å². The molecule has 1 unspecified atom stereocenters. The highest BCUT2D eigenvalue weighted by Crippen LogP contribution is 2.35. The highest BCUT2D eigenvalue weighted by molar-refractivity contribution is 5.32. The molecule has 0 bridgehead atoms. The summed E-state index contributed by atoms with van der Waals surface area (Å²) in [5, 5.41) is 0. The summed E-state index contributed by atoms with van der Waals surface area (Å²) in [6.07, 6.45) is 0.473. The van der Waals surface area contributed by atoms with Gasteiger partial charge in [-0.1, -0.05) is 25.1 Å². The molecule has 3 nitrogen and oxygen atoms in total. The van der Waals surface area contributed by atoms with Crippen molar-refractivity contribution in [2.45, 2.75) is 37.9 Å². The van der Waals surface area contributed by atoms with Crippen molar-refractivity contribution in [3.8, 4) is 0 Å². The van der Waals surface area contributed by atoms with Gasteiger partial charge in [-0.15, -0.1) is 0 Å². The molecular weight excluding hydrogens is 293 g/mol. The molecule has 0 aliphatic heterocycles. The van der Waals surface area contributed by atoms with E-state index in [2.05, 4.69) is 4.98 Å². The van der Waals surface area contributed by atoms with Crippen molar-refractivity contribution in [2.75, 3.05) is 0 Å². The molecule has 0 spiro atoms. The molecule has 1 aromatic heterocycles. The highest BCUT2D eigenvalue weighted by Gasteiger charge is 2.31. The highest BCUT2D eigenvalue weighted by atomic mass is 19.4. The van der Waals surface area contributed by atoms with E-state index in [1.165, 1.54) is 12.3 Å². The first-order valence-corrected chi connectivity index (χ1v) is 7.11. The summed E-state index contributed by atoms with van der Waals surface area (Å²) in [7, 11) is 0. The van der Waals surface area contributed by atoms with Gasteiger partial charge in [-0.2, -0.15) is 13.2 Å². The van der Waals surface area contributed by atoms with Crippen LogP contribution in [0.4, 0.5) is 13.2 Å². The smallest absolute Gasteiger partial charge is 0.309 e. The van der Waals surface area contributed by atoms with Gasteiger partial charge in [-0.05, 0) is 24.5 Å². The predicted octanol–water partition coefficient (Wildman–Crippen LogP) is 3.75. The van der Waals surface area contributed by atoms with Gasteiger partial charge < -0.3 is 4.57 Å². The van der Waals surface area contributed by atoms with Gasteiger partial charge in [0.1, 0.15) is 0 Å². The topological polar surface area (TPSA) is 34.9 Å². The van der Waals surface area contributed by atoms with Crippen LogP contribution in [0, 0.1) is 0 Å². The quantitative estimate of drug-likeness (QED) is 0.865. The van der Waals surface area contributed by atoms with Crippen molar-refractivity contribution >= 4 is 0 Å². The Morgan fingerprint density at radius 3 is 2.68 bits per heavy atom. The van der Waals surface area contributed by atoms with E-state index in [0.29, 0.717) is 11.3 Å². The van der Waals surface area contributed by atoms with Crippen molar-refractivity contribution in [3.63, 3.8) is 0 Å². The van der Waals surface area contributed by atoms with E-state index in [1.54, 1.807) is 23.8 Å². The van der Waals surface area contributed by atoms with E-state index in [9.17, 15) is 18.0 Å². The predicted molar refractivity (Wildman–Crippen MR) is 75.7 cm³/mol. The van der Waals surface area contributed by atoms with Gasteiger partial charge in [-0.25, -0.2) is 0 Å². The summed E-state index contributed by atoms with van der Waals surface area (Å²) < 4.78 is 40.0. The van der Waals surface area contributed by atoms with Gasteiger partial charge in [0.25, 0.3) is 5.56 Å². The summed E-state index contributed by atoms with van der Waals surface area (Å²) in [6, 6.07) is 5.44. The third kappa shape index (κ3) is 2.91. The van der Waals surface area contributed by atoms with Crippen LogP contribution in [0.15, 0.2) is 41.5 Å². The summed E-state index contributed by atoms with van der Waals surface area (Å²) in [5.74, 6) is -0.312. The van der Waals surface area contributed by atoms with Crippen molar-refractivity contribution in [1.82, 2.24) is 9.55 Å². The van der Waals surface area contributed by atoms with Crippen molar-refractivity contribution in [1.29, 1.82) is 0 Å². The fraction of sp³-hybridized carbons (Fsp3) is 0.375. The number of hydrogen-bond acceptors (Lipinski definition) is 2. The Bertz CT molecular complexity index is 748. The van der Waals surface area contributed by atoms with Gasteiger partial charge in [0, 0.05) is 18.2 Å². The Balaban J connectivity index is 1.95.